The molecule has 0 radical (unpaired) electrons. The molecule has 0 spiro atoms. The van der Waals surface area contributed by atoms with Crippen molar-refractivity contribution >= 4 is 35.0 Å². The van der Waals surface area contributed by atoms with Gasteiger partial charge in [-0.05, 0) is 36.6 Å². The van der Waals surface area contributed by atoms with Gasteiger partial charge in [-0.1, -0.05) is 11.6 Å². The van der Waals surface area contributed by atoms with E-state index >= 15 is 0 Å². The molecule has 3 rings (SSSR count). The lowest BCUT2D eigenvalue weighted by Crippen LogP contribution is -2.26. The summed E-state index contributed by atoms with van der Waals surface area (Å²) < 4.78 is 11.1. The Balaban J connectivity index is 1.65. The van der Waals surface area contributed by atoms with Crippen LogP contribution in [0, 0.1) is 0 Å². The first-order chi connectivity index (χ1) is 12.2. The van der Waals surface area contributed by atoms with Crippen LogP contribution in [0.3, 0.4) is 0 Å². The molecule has 1 aromatic carbocycles. The van der Waals surface area contributed by atoms with Crippen molar-refractivity contribution in [3.63, 3.8) is 0 Å². The molecule has 0 aliphatic carbocycles. The summed E-state index contributed by atoms with van der Waals surface area (Å²) in [5.74, 6) is 0.0957. The van der Waals surface area contributed by atoms with Crippen LogP contribution in [0.15, 0.2) is 41.4 Å². The first-order valence-electron chi connectivity index (χ1n) is 8.01. The third kappa shape index (κ3) is 4.87. The number of amides is 1. The van der Waals surface area contributed by atoms with Crippen molar-refractivity contribution in [1.29, 1.82) is 0 Å². The highest BCUT2D eigenvalue weighted by atomic mass is 35.5. The Morgan fingerprint density at radius 3 is 2.68 bits per heavy atom. The molecule has 1 amide bonds. The average Bonchev–Trinajstić information content (AvgIpc) is 2.65. The lowest BCUT2D eigenvalue weighted by molar-refractivity contribution is 0.0238. The molecule has 1 saturated heterocycles. The standard InChI is InChI=1S/C18H19ClN2O3S/c1-25-15-4-2-13(3-5-15)21-17(22)12-10-16(19)18(20-11-12)24-14-6-8-23-9-7-14/h2-5,10-11,14H,6-9H2,1H3,(H,21,22). The Labute approximate surface area is 156 Å². The second-order valence-corrected chi connectivity index (χ2v) is 6.91. The number of nitrogens with zero attached hydrogens (tertiary/aromatic N) is 1. The molecule has 1 aliphatic rings. The summed E-state index contributed by atoms with van der Waals surface area (Å²) in [5.41, 5.74) is 1.11. The summed E-state index contributed by atoms with van der Waals surface area (Å²) >= 11 is 7.88. The molecule has 1 aromatic heterocycles. The van der Waals surface area contributed by atoms with Crippen LogP contribution in [-0.4, -0.2) is 36.5 Å². The molecule has 0 saturated carbocycles. The van der Waals surface area contributed by atoms with Gasteiger partial charge in [-0.15, -0.1) is 11.8 Å². The SMILES string of the molecule is CSc1ccc(NC(=O)c2cnc(OC3CCOCC3)c(Cl)c2)cc1. The largest absolute Gasteiger partial charge is 0.473 e. The molecule has 25 heavy (non-hydrogen) atoms. The van der Waals surface area contributed by atoms with E-state index in [1.165, 1.54) is 6.20 Å². The molecule has 2 heterocycles. The van der Waals surface area contributed by atoms with E-state index in [1.54, 1.807) is 17.8 Å². The van der Waals surface area contributed by atoms with E-state index in [0.717, 1.165) is 23.4 Å². The Kier molecular flexibility index (Phi) is 6.18. The monoisotopic (exact) mass is 378 g/mol. The molecule has 5 nitrogen and oxygen atoms in total. The van der Waals surface area contributed by atoms with Crippen molar-refractivity contribution in [2.24, 2.45) is 0 Å². The number of carbonyl (C=O) groups is 1. The molecule has 0 atom stereocenters. The molecule has 132 valence electrons. The minimum absolute atomic E-state index is 0.0494. The van der Waals surface area contributed by atoms with Gasteiger partial charge in [0.25, 0.3) is 5.91 Å². The van der Waals surface area contributed by atoms with Crippen LogP contribution in [0.2, 0.25) is 5.02 Å². The lowest BCUT2D eigenvalue weighted by atomic mass is 10.1. The van der Waals surface area contributed by atoms with Gasteiger partial charge < -0.3 is 14.8 Å². The Morgan fingerprint density at radius 1 is 1.32 bits per heavy atom. The van der Waals surface area contributed by atoms with E-state index in [-0.39, 0.29) is 12.0 Å². The minimum atomic E-state index is -0.260. The van der Waals surface area contributed by atoms with Crippen molar-refractivity contribution in [3.8, 4) is 5.88 Å². The Hall–Kier alpha value is -1.76. The van der Waals surface area contributed by atoms with Crippen LogP contribution >= 0.6 is 23.4 Å². The molecule has 1 N–H and O–H groups in total. The van der Waals surface area contributed by atoms with Crippen molar-refractivity contribution in [2.75, 3.05) is 24.8 Å². The maximum Gasteiger partial charge on any atom is 0.257 e. The fourth-order valence-corrected chi connectivity index (χ4v) is 3.08. The van der Waals surface area contributed by atoms with E-state index in [1.807, 2.05) is 30.5 Å². The van der Waals surface area contributed by atoms with E-state index in [0.29, 0.717) is 29.7 Å². The second kappa shape index (κ2) is 8.56. The number of rotatable bonds is 5. The van der Waals surface area contributed by atoms with Crippen molar-refractivity contribution < 1.29 is 14.3 Å². The van der Waals surface area contributed by atoms with Crippen molar-refractivity contribution in [2.45, 2.75) is 23.8 Å². The average molecular weight is 379 g/mol. The third-order valence-electron chi connectivity index (χ3n) is 3.86. The summed E-state index contributed by atoms with van der Waals surface area (Å²) in [4.78, 5) is 17.7. The molecule has 0 unspecified atom stereocenters. The Morgan fingerprint density at radius 2 is 2.04 bits per heavy atom. The van der Waals surface area contributed by atoms with Gasteiger partial charge in [0.15, 0.2) is 0 Å². The van der Waals surface area contributed by atoms with Gasteiger partial charge in [0.2, 0.25) is 5.88 Å². The fraction of sp³-hybridized carbons (Fsp3) is 0.333. The number of anilines is 1. The number of nitrogens with one attached hydrogen (secondary N) is 1. The predicted octanol–water partition coefficient (Wildman–Crippen LogP) is 4.27. The van der Waals surface area contributed by atoms with Crippen LogP contribution in [0.1, 0.15) is 23.2 Å². The van der Waals surface area contributed by atoms with Crippen LogP contribution in [0.25, 0.3) is 0 Å². The van der Waals surface area contributed by atoms with Crippen molar-refractivity contribution in [3.05, 3.63) is 47.1 Å². The highest BCUT2D eigenvalue weighted by Crippen LogP contribution is 2.26. The molecular weight excluding hydrogens is 360 g/mol. The number of hydrogen-bond acceptors (Lipinski definition) is 5. The number of benzene rings is 1. The summed E-state index contributed by atoms with van der Waals surface area (Å²) in [6.45, 7) is 1.36. The van der Waals surface area contributed by atoms with Gasteiger partial charge >= 0.3 is 0 Å². The molecule has 1 aliphatic heterocycles. The summed E-state index contributed by atoms with van der Waals surface area (Å²) in [6, 6.07) is 9.21. The van der Waals surface area contributed by atoms with Gasteiger partial charge in [-0.2, -0.15) is 0 Å². The van der Waals surface area contributed by atoms with Crippen LogP contribution in [0.4, 0.5) is 5.69 Å². The van der Waals surface area contributed by atoms with E-state index in [4.69, 9.17) is 21.1 Å². The maximum atomic E-state index is 12.3. The second-order valence-electron chi connectivity index (χ2n) is 5.62. The summed E-state index contributed by atoms with van der Waals surface area (Å²) in [7, 11) is 0. The highest BCUT2D eigenvalue weighted by molar-refractivity contribution is 7.98. The van der Waals surface area contributed by atoms with Gasteiger partial charge in [-0.3, -0.25) is 4.79 Å². The first kappa shape index (κ1) is 18.0. The maximum absolute atomic E-state index is 12.3. The first-order valence-corrected chi connectivity index (χ1v) is 9.61. The highest BCUT2D eigenvalue weighted by Gasteiger charge is 2.18. The van der Waals surface area contributed by atoms with Crippen molar-refractivity contribution in [1.82, 2.24) is 4.98 Å². The quantitative estimate of drug-likeness (QED) is 0.787. The number of halogens is 1. The number of pyridine rings is 1. The number of aromatic nitrogens is 1. The topological polar surface area (TPSA) is 60.5 Å². The zero-order chi connectivity index (χ0) is 17.6. The predicted molar refractivity (Wildman–Crippen MR) is 99.9 cm³/mol. The van der Waals surface area contributed by atoms with Gasteiger partial charge in [0.1, 0.15) is 11.1 Å². The normalized spacial score (nSPS) is 15.0. The molecular formula is C18H19ClN2O3S. The molecule has 2 aromatic rings. The summed E-state index contributed by atoms with van der Waals surface area (Å²) in [5, 5.41) is 3.16. The van der Waals surface area contributed by atoms with Crippen LogP contribution < -0.4 is 10.1 Å². The molecule has 7 heteroatoms. The third-order valence-corrected chi connectivity index (χ3v) is 4.88. The Bertz CT molecular complexity index is 734. The van der Waals surface area contributed by atoms with Crippen LogP contribution in [-0.2, 0) is 4.74 Å². The number of thioether (sulfide) groups is 1. The zero-order valence-corrected chi connectivity index (χ0v) is 15.4. The van der Waals surface area contributed by atoms with E-state index in [2.05, 4.69) is 10.3 Å². The molecule has 1 fully saturated rings. The molecule has 0 bridgehead atoms. The van der Waals surface area contributed by atoms with Gasteiger partial charge in [0, 0.05) is 29.6 Å². The number of carbonyl (C=O) groups excluding carboxylic acids is 1. The van der Waals surface area contributed by atoms with Gasteiger partial charge in [0.05, 0.1) is 18.8 Å². The van der Waals surface area contributed by atoms with E-state index in [9.17, 15) is 4.79 Å². The fourth-order valence-electron chi connectivity index (χ4n) is 2.47. The minimum Gasteiger partial charge on any atom is -0.473 e. The smallest absolute Gasteiger partial charge is 0.257 e. The zero-order valence-electron chi connectivity index (χ0n) is 13.8. The van der Waals surface area contributed by atoms with Gasteiger partial charge in [-0.25, -0.2) is 4.98 Å². The summed E-state index contributed by atoms with van der Waals surface area (Å²) in [6.07, 6.45) is 5.16. The number of hydrogen-bond donors (Lipinski definition) is 1. The number of ether oxygens (including phenoxy) is 2. The lowest BCUT2D eigenvalue weighted by Gasteiger charge is -2.23. The van der Waals surface area contributed by atoms with Crippen LogP contribution in [0.5, 0.6) is 5.88 Å². The van der Waals surface area contributed by atoms with E-state index < -0.39 is 0 Å².